The molecule has 13 nitrogen and oxygen atoms in total. The van der Waals surface area contributed by atoms with E-state index in [1.54, 1.807) is 45.6 Å². The van der Waals surface area contributed by atoms with E-state index in [1.807, 2.05) is 18.2 Å². The maximum atomic E-state index is 12.9. The summed E-state index contributed by atoms with van der Waals surface area (Å²) >= 11 is 0. The average molecular weight is 474 g/mol. The minimum absolute atomic E-state index is 0.112. The lowest BCUT2D eigenvalue weighted by atomic mass is 10.1. The van der Waals surface area contributed by atoms with E-state index in [9.17, 15) is 9.90 Å². The third-order valence-electron chi connectivity index (χ3n) is 5.31. The largest absolute Gasteiger partial charge is 0.494 e. The van der Waals surface area contributed by atoms with Crippen molar-refractivity contribution in [2.24, 2.45) is 14.1 Å². The number of anilines is 4. The fraction of sp³-hybridized carbons (Fsp3) is 0.182. The molecule has 0 amide bonds. The van der Waals surface area contributed by atoms with Crippen molar-refractivity contribution in [1.82, 2.24) is 40.0 Å². The normalized spacial score (nSPS) is 11.1. The Morgan fingerprint density at radius 1 is 1.11 bits per heavy atom. The summed E-state index contributed by atoms with van der Waals surface area (Å²) in [6.07, 6.45) is 1.59. The molecule has 0 unspecified atom stereocenters. The Kier molecular flexibility index (Phi) is 5.58. The number of methoxy groups -OCH3 is 1. The summed E-state index contributed by atoms with van der Waals surface area (Å²) in [5.74, 6) is 1.84. The van der Waals surface area contributed by atoms with Crippen molar-refractivity contribution in [3.05, 3.63) is 58.5 Å². The number of tetrazole rings is 1. The Morgan fingerprint density at radius 2 is 1.97 bits per heavy atom. The number of H-pyrrole nitrogens is 1. The lowest BCUT2D eigenvalue weighted by Gasteiger charge is -2.15. The highest BCUT2D eigenvalue weighted by molar-refractivity contribution is 5.94. The average Bonchev–Trinajstić information content (AvgIpc) is 3.41. The zero-order chi connectivity index (χ0) is 24.5. The highest BCUT2D eigenvalue weighted by Crippen LogP contribution is 2.37. The number of aromatic amines is 1. The molecular weight excluding hydrogens is 452 g/mol. The summed E-state index contributed by atoms with van der Waals surface area (Å²) in [6.45, 7) is -0.112. The van der Waals surface area contributed by atoms with Crippen LogP contribution < -0.4 is 20.9 Å². The number of aryl methyl sites for hydroxylation is 2. The van der Waals surface area contributed by atoms with Crippen LogP contribution in [-0.4, -0.2) is 52.2 Å². The second-order valence-electron chi connectivity index (χ2n) is 7.70. The van der Waals surface area contributed by atoms with Crippen LogP contribution in [0.3, 0.4) is 0 Å². The molecule has 0 bridgehead atoms. The Bertz CT molecular complexity index is 1590. The second kappa shape index (κ2) is 8.87. The fourth-order valence-electron chi connectivity index (χ4n) is 3.72. The summed E-state index contributed by atoms with van der Waals surface area (Å²) < 4.78 is 7.03. The molecule has 35 heavy (non-hydrogen) atoms. The van der Waals surface area contributed by atoms with E-state index in [4.69, 9.17) is 4.74 Å². The summed E-state index contributed by atoms with van der Waals surface area (Å²) in [4.78, 5) is 23.0. The van der Waals surface area contributed by atoms with Crippen LogP contribution in [0.2, 0.25) is 0 Å². The van der Waals surface area contributed by atoms with Crippen LogP contribution in [0.1, 0.15) is 5.56 Å². The number of hydrogen-bond donors (Lipinski definition) is 4. The molecule has 4 heterocycles. The van der Waals surface area contributed by atoms with E-state index in [2.05, 4.69) is 41.1 Å². The lowest BCUT2D eigenvalue weighted by molar-refractivity contribution is 0.282. The lowest BCUT2D eigenvalue weighted by Crippen LogP contribution is -2.12. The van der Waals surface area contributed by atoms with Crippen LogP contribution >= 0.6 is 0 Å². The number of nitrogens with one attached hydrogen (secondary N) is 3. The SMILES string of the molecule is COc1c(Nc2cc(Nc3cc(CO)ccn3)nc3[nH]n(C)c(=O)c23)cccc1-c1nnn(C)n1. The number of benzene rings is 1. The first kappa shape index (κ1) is 22.0. The minimum atomic E-state index is -0.243. The molecule has 0 aliphatic heterocycles. The summed E-state index contributed by atoms with van der Waals surface area (Å²) in [5.41, 5.74) is 2.58. The molecular formula is C22H22N10O3. The quantitative estimate of drug-likeness (QED) is 0.274. The highest BCUT2D eigenvalue weighted by Gasteiger charge is 2.18. The van der Waals surface area contributed by atoms with Gasteiger partial charge >= 0.3 is 0 Å². The maximum absolute atomic E-state index is 12.9. The van der Waals surface area contributed by atoms with Crippen LogP contribution in [-0.2, 0) is 20.7 Å². The Balaban J connectivity index is 1.60. The molecule has 0 fully saturated rings. The number of hydrogen-bond acceptors (Lipinski definition) is 10. The van der Waals surface area contributed by atoms with Crippen molar-refractivity contribution < 1.29 is 9.84 Å². The molecule has 0 aliphatic carbocycles. The van der Waals surface area contributed by atoms with Gasteiger partial charge in [0.15, 0.2) is 11.4 Å². The molecule has 0 radical (unpaired) electrons. The maximum Gasteiger partial charge on any atom is 0.277 e. The number of rotatable bonds is 7. The van der Waals surface area contributed by atoms with Gasteiger partial charge in [0.1, 0.15) is 17.0 Å². The van der Waals surface area contributed by atoms with Crippen molar-refractivity contribution in [3.8, 4) is 17.1 Å². The van der Waals surface area contributed by atoms with E-state index in [1.165, 1.54) is 9.48 Å². The minimum Gasteiger partial charge on any atom is -0.494 e. The van der Waals surface area contributed by atoms with Gasteiger partial charge in [-0.05, 0) is 35.0 Å². The Hall–Kier alpha value is -4.78. The molecule has 4 N–H and O–H groups in total. The molecule has 0 saturated heterocycles. The van der Waals surface area contributed by atoms with Gasteiger partial charge in [-0.25, -0.2) is 9.97 Å². The van der Waals surface area contributed by atoms with Gasteiger partial charge in [0.2, 0.25) is 5.82 Å². The predicted molar refractivity (Wildman–Crippen MR) is 129 cm³/mol. The molecule has 5 rings (SSSR count). The standard InChI is InChI=1S/C22H22N10O3/c1-31-22(34)18-15(10-17(26-21(18)28-31)25-16-9-12(11-33)7-8-23-16)24-14-6-4-5-13(19(14)35-3)20-27-30-32(2)29-20/h4-10,33H,11H2,1-3H3,(H3,23,24,25,26,28). The third-order valence-corrected chi connectivity index (χ3v) is 5.31. The topological polar surface area (TPSA) is 161 Å². The van der Waals surface area contributed by atoms with Crippen LogP contribution in [0.5, 0.6) is 5.75 Å². The van der Waals surface area contributed by atoms with E-state index < -0.39 is 0 Å². The number of aliphatic hydroxyl groups is 1. The first-order chi connectivity index (χ1) is 17.0. The van der Waals surface area contributed by atoms with Crippen molar-refractivity contribution in [2.45, 2.75) is 6.61 Å². The summed E-state index contributed by atoms with van der Waals surface area (Å²) in [7, 11) is 4.85. The Labute approximate surface area is 198 Å². The van der Waals surface area contributed by atoms with E-state index >= 15 is 0 Å². The molecule has 0 atom stereocenters. The first-order valence-corrected chi connectivity index (χ1v) is 10.6. The van der Waals surface area contributed by atoms with Gasteiger partial charge in [-0.1, -0.05) is 6.07 Å². The Morgan fingerprint density at radius 3 is 2.71 bits per heavy atom. The predicted octanol–water partition coefficient (Wildman–Crippen LogP) is 1.84. The molecule has 178 valence electrons. The van der Waals surface area contributed by atoms with Gasteiger partial charge in [-0.15, -0.1) is 10.2 Å². The van der Waals surface area contributed by atoms with Crippen LogP contribution in [0.25, 0.3) is 22.4 Å². The molecule has 4 aromatic heterocycles. The van der Waals surface area contributed by atoms with E-state index in [0.717, 1.165) is 0 Å². The van der Waals surface area contributed by atoms with Gasteiger partial charge in [-0.3, -0.25) is 14.6 Å². The molecule has 0 spiro atoms. The number of nitrogens with zero attached hydrogens (tertiary/aromatic N) is 7. The van der Waals surface area contributed by atoms with Gasteiger partial charge in [0.05, 0.1) is 37.7 Å². The van der Waals surface area contributed by atoms with Crippen molar-refractivity contribution in [1.29, 1.82) is 0 Å². The van der Waals surface area contributed by atoms with Crippen molar-refractivity contribution in [3.63, 3.8) is 0 Å². The third kappa shape index (κ3) is 4.15. The summed E-state index contributed by atoms with van der Waals surface area (Å²) in [6, 6.07) is 10.6. The van der Waals surface area contributed by atoms with Gasteiger partial charge in [-0.2, -0.15) is 4.80 Å². The number of aromatic nitrogens is 8. The monoisotopic (exact) mass is 474 g/mol. The van der Waals surface area contributed by atoms with Gasteiger partial charge < -0.3 is 20.5 Å². The second-order valence-corrected chi connectivity index (χ2v) is 7.70. The van der Waals surface area contributed by atoms with Crippen molar-refractivity contribution >= 4 is 34.0 Å². The number of fused-ring (bicyclic) bond motifs is 1. The molecule has 13 heteroatoms. The summed E-state index contributed by atoms with van der Waals surface area (Å²) in [5, 5.41) is 31.4. The van der Waals surface area contributed by atoms with Crippen LogP contribution in [0.4, 0.5) is 23.0 Å². The van der Waals surface area contributed by atoms with E-state index in [-0.39, 0.29) is 12.2 Å². The number of para-hydroxylation sites is 1. The zero-order valence-electron chi connectivity index (χ0n) is 19.1. The van der Waals surface area contributed by atoms with Crippen LogP contribution in [0, 0.1) is 0 Å². The number of pyridine rings is 2. The molecule has 5 aromatic rings. The van der Waals surface area contributed by atoms with E-state index in [0.29, 0.717) is 56.7 Å². The number of ether oxygens (including phenoxy) is 1. The molecule has 1 aromatic carbocycles. The number of aliphatic hydroxyl groups excluding tert-OH is 1. The molecule has 0 saturated carbocycles. The van der Waals surface area contributed by atoms with Crippen LogP contribution in [0.15, 0.2) is 47.4 Å². The smallest absolute Gasteiger partial charge is 0.277 e. The van der Waals surface area contributed by atoms with Crippen molar-refractivity contribution in [2.75, 3.05) is 17.7 Å². The first-order valence-electron chi connectivity index (χ1n) is 10.6. The highest BCUT2D eigenvalue weighted by atomic mass is 16.5. The molecule has 0 aliphatic rings. The fourth-order valence-corrected chi connectivity index (χ4v) is 3.72. The zero-order valence-corrected chi connectivity index (χ0v) is 19.1. The van der Waals surface area contributed by atoms with Gasteiger partial charge in [0, 0.05) is 19.3 Å². The van der Waals surface area contributed by atoms with Gasteiger partial charge in [0.25, 0.3) is 5.56 Å².